The third-order valence-electron chi connectivity index (χ3n) is 4.52. The van der Waals surface area contributed by atoms with Crippen molar-refractivity contribution < 1.29 is 4.79 Å². The number of hydrogen-bond acceptors (Lipinski definition) is 2. The first-order valence-electron chi connectivity index (χ1n) is 8.17. The molecule has 1 amide bonds. The quantitative estimate of drug-likeness (QED) is 0.873. The second-order valence-electron chi connectivity index (χ2n) is 6.20. The largest absolute Gasteiger partial charge is 0.343 e. The van der Waals surface area contributed by atoms with Gasteiger partial charge in [0.15, 0.2) is 0 Å². The van der Waals surface area contributed by atoms with Crippen LogP contribution in [0.25, 0.3) is 0 Å². The number of nitrogens with zero attached hydrogens (tertiary/aromatic N) is 1. The Kier molecular flexibility index (Phi) is 6.24. The Labute approximate surface area is 128 Å². The van der Waals surface area contributed by atoms with Gasteiger partial charge in [0.2, 0.25) is 5.91 Å². The predicted octanol–water partition coefficient (Wildman–Crippen LogP) is 2.78. The van der Waals surface area contributed by atoms with Gasteiger partial charge in [0.05, 0.1) is 0 Å². The Balaban J connectivity index is 1.69. The molecule has 21 heavy (non-hydrogen) atoms. The molecule has 0 atom stereocenters. The van der Waals surface area contributed by atoms with Crippen molar-refractivity contribution in [1.82, 2.24) is 10.2 Å². The van der Waals surface area contributed by atoms with Crippen molar-refractivity contribution in [2.24, 2.45) is 5.92 Å². The molecule has 0 bridgehead atoms. The Morgan fingerprint density at radius 3 is 2.52 bits per heavy atom. The topological polar surface area (TPSA) is 32.3 Å². The van der Waals surface area contributed by atoms with E-state index >= 15 is 0 Å². The predicted molar refractivity (Wildman–Crippen MR) is 87.3 cm³/mol. The van der Waals surface area contributed by atoms with Crippen LogP contribution in [0.5, 0.6) is 0 Å². The number of amides is 1. The van der Waals surface area contributed by atoms with Crippen LogP contribution in [0.3, 0.4) is 0 Å². The molecule has 0 spiro atoms. The Bertz CT molecular complexity index is 433. The van der Waals surface area contributed by atoms with Gasteiger partial charge in [-0.1, -0.05) is 29.8 Å². The van der Waals surface area contributed by atoms with Crippen molar-refractivity contribution in [3.63, 3.8) is 0 Å². The van der Waals surface area contributed by atoms with E-state index in [2.05, 4.69) is 36.5 Å². The van der Waals surface area contributed by atoms with E-state index < -0.39 is 0 Å². The van der Waals surface area contributed by atoms with E-state index in [9.17, 15) is 4.79 Å². The fourth-order valence-corrected chi connectivity index (χ4v) is 2.99. The summed E-state index contributed by atoms with van der Waals surface area (Å²) in [6.45, 7) is 4.80. The van der Waals surface area contributed by atoms with Crippen LogP contribution < -0.4 is 5.32 Å². The van der Waals surface area contributed by atoms with Gasteiger partial charge in [0.25, 0.3) is 0 Å². The maximum absolute atomic E-state index is 12.0. The SMILES string of the molecule is CNCCC(=O)N1CCC(CCc2ccc(C)cc2)CC1. The van der Waals surface area contributed by atoms with Crippen LogP contribution in [-0.2, 0) is 11.2 Å². The molecule has 1 aromatic carbocycles. The van der Waals surface area contributed by atoms with Crippen molar-refractivity contribution in [2.45, 2.75) is 39.0 Å². The number of likely N-dealkylation sites (tertiary alicyclic amines) is 1. The number of rotatable bonds is 6. The summed E-state index contributed by atoms with van der Waals surface area (Å²) in [7, 11) is 1.89. The minimum absolute atomic E-state index is 0.307. The van der Waals surface area contributed by atoms with Crippen LogP contribution >= 0.6 is 0 Å². The molecule has 0 unspecified atom stereocenters. The molecule has 1 aliphatic heterocycles. The zero-order chi connectivity index (χ0) is 15.1. The Hall–Kier alpha value is -1.35. The van der Waals surface area contributed by atoms with Crippen molar-refractivity contribution in [3.05, 3.63) is 35.4 Å². The molecular weight excluding hydrogens is 260 g/mol. The van der Waals surface area contributed by atoms with Gasteiger partial charge in [-0.25, -0.2) is 0 Å². The lowest BCUT2D eigenvalue weighted by atomic mass is 9.90. The molecule has 0 radical (unpaired) electrons. The first kappa shape index (κ1) is 16.0. The monoisotopic (exact) mass is 288 g/mol. The summed E-state index contributed by atoms with van der Waals surface area (Å²) < 4.78 is 0. The molecule has 1 aromatic rings. The first-order valence-corrected chi connectivity index (χ1v) is 8.17. The Morgan fingerprint density at radius 1 is 1.24 bits per heavy atom. The van der Waals surface area contributed by atoms with E-state index in [0.29, 0.717) is 12.3 Å². The van der Waals surface area contributed by atoms with E-state index in [0.717, 1.165) is 38.4 Å². The van der Waals surface area contributed by atoms with Crippen LogP contribution in [0, 0.1) is 12.8 Å². The van der Waals surface area contributed by atoms with Crippen LogP contribution in [0.4, 0.5) is 0 Å². The molecule has 3 nitrogen and oxygen atoms in total. The van der Waals surface area contributed by atoms with Crippen molar-refractivity contribution in [3.8, 4) is 0 Å². The molecule has 0 saturated carbocycles. The maximum Gasteiger partial charge on any atom is 0.223 e. The molecule has 0 aromatic heterocycles. The van der Waals surface area contributed by atoms with E-state index in [-0.39, 0.29) is 0 Å². The zero-order valence-electron chi connectivity index (χ0n) is 13.4. The average Bonchev–Trinajstić information content (AvgIpc) is 2.52. The third kappa shape index (κ3) is 5.16. The number of aryl methyl sites for hydroxylation is 2. The highest BCUT2D eigenvalue weighted by Gasteiger charge is 2.22. The highest BCUT2D eigenvalue weighted by Crippen LogP contribution is 2.23. The number of carbonyl (C=O) groups excluding carboxylic acids is 1. The number of nitrogens with one attached hydrogen (secondary N) is 1. The second kappa shape index (κ2) is 8.18. The van der Waals surface area contributed by atoms with Gasteiger partial charge < -0.3 is 10.2 Å². The lowest BCUT2D eigenvalue weighted by molar-refractivity contribution is -0.132. The highest BCUT2D eigenvalue weighted by atomic mass is 16.2. The minimum Gasteiger partial charge on any atom is -0.343 e. The molecule has 1 heterocycles. The summed E-state index contributed by atoms with van der Waals surface area (Å²) >= 11 is 0. The van der Waals surface area contributed by atoms with Crippen LogP contribution in [-0.4, -0.2) is 37.5 Å². The molecule has 0 aliphatic carbocycles. The standard InChI is InChI=1S/C18H28N2O/c1-15-3-5-16(6-4-15)7-8-17-10-13-20(14-11-17)18(21)9-12-19-2/h3-6,17,19H,7-14H2,1-2H3. The zero-order valence-corrected chi connectivity index (χ0v) is 13.4. The van der Waals surface area contributed by atoms with Crippen LogP contribution in [0.2, 0.25) is 0 Å². The number of piperidine rings is 1. The third-order valence-corrected chi connectivity index (χ3v) is 4.52. The van der Waals surface area contributed by atoms with Gasteiger partial charge in [-0.15, -0.1) is 0 Å². The van der Waals surface area contributed by atoms with Crippen molar-refractivity contribution in [1.29, 1.82) is 0 Å². The van der Waals surface area contributed by atoms with E-state index in [1.807, 2.05) is 11.9 Å². The fourth-order valence-electron chi connectivity index (χ4n) is 2.99. The molecule has 1 saturated heterocycles. The summed E-state index contributed by atoms with van der Waals surface area (Å²) in [6, 6.07) is 8.87. The molecule has 116 valence electrons. The van der Waals surface area contributed by atoms with Gasteiger partial charge >= 0.3 is 0 Å². The van der Waals surface area contributed by atoms with Gasteiger partial charge in [0.1, 0.15) is 0 Å². The van der Waals surface area contributed by atoms with E-state index in [4.69, 9.17) is 0 Å². The molecule has 3 heteroatoms. The van der Waals surface area contributed by atoms with Crippen molar-refractivity contribution in [2.75, 3.05) is 26.7 Å². The second-order valence-corrected chi connectivity index (χ2v) is 6.20. The maximum atomic E-state index is 12.0. The lowest BCUT2D eigenvalue weighted by Crippen LogP contribution is -2.39. The van der Waals surface area contributed by atoms with Crippen molar-refractivity contribution >= 4 is 5.91 Å². The molecule has 1 N–H and O–H groups in total. The van der Waals surface area contributed by atoms with Gasteiger partial charge in [0, 0.05) is 26.1 Å². The van der Waals surface area contributed by atoms with Crippen LogP contribution in [0.1, 0.15) is 36.8 Å². The molecular formula is C18H28N2O. The smallest absolute Gasteiger partial charge is 0.223 e. The normalized spacial score (nSPS) is 16.2. The highest BCUT2D eigenvalue weighted by molar-refractivity contribution is 5.76. The summed E-state index contributed by atoms with van der Waals surface area (Å²) in [5.41, 5.74) is 2.76. The van der Waals surface area contributed by atoms with Gasteiger partial charge in [-0.2, -0.15) is 0 Å². The Morgan fingerprint density at radius 2 is 1.90 bits per heavy atom. The average molecular weight is 288 g/mol. The first-order chi connectivity index (χ1) is 10.2. The number of carbonyl (C=O) groups is 1. The van der Waals surface area contributed by atoms with Gasteiger partial charge in [-0.3, -0.25) is 4.79 Å². The van der Waals surface area contributed by atoms with Crippen LogP contribution in [0.15, 0.2) is 24.3 Å². The fraction of sp³-hybridized carbons (Fsp3) is 0.611. The summed E-state index contributed by atoms with van der Waals surface area (Å²) in [5.74, 6) is 1.08. The summed E-state index contributed by atoms with van der Waals surface area (Å²) in [6.07, 6.45) is 5.37. The number of hydrogen-bond donors (Lipinski definition) is 1. The molecule has 1 fully saturated rings. The van der Waals surface area contributed by atoms with E-state index in [1.54, 1.807) is 0 Å². The molecule has 2 rings (SSSR count). The number of benzene rings is 1. The molecule has 1 aliphatic rings. The van der Waals surface area contributed by atoms with Gasteiger partial charge in [-0.05, 0) is 51.1 Å². The summed E-state index contributed by atoms with van der Waals surface area (Å²) in [5, 5.41) is 3.04. The minimum atomic E-state index is 0.307. The lowest BCUT2D eigenvalue weighted by Gasteiger charge is -2.32. The van der Waals surface area contributed by atoms with E-state index in [1.165, 1.54) is 24.0 Å². The summed E-state index contributed by atoms with van der Waals surface area (Å²) in [4.78, 5) is 14.0.